The van der Waals surface area contributed by atoms with E-state index in [-0.39, 0.29) is 41.0 Å². The number of nitrogens with one attached hydrogen (secondary N) is 1. The van der Waals surface area contributed by atoms with E-state index in [2.05, 4.69) is 22.4 Å². The van der Waals surface area contributed by atoms with Crippen molar-refractivity contribution in [3.63, 3.8) is 0 Å². The predicted molar refractivity (Wildman–Crippen MR) is 104 cm³/mol. The molecule has 1 fully saturated rings. The van der Waals surface area contributed by atoms with Crippen LogP contribution in [-0.4, -0.2) is 12.5 Å². The third-order valence-electron chi connectivity index (χ3n) is 4.16. The second-order valence-electron chi connectivity index (χ2n) is 6.11. The van der Waals surface area contributed by atoms with E-state index >= 15 is 0 Å². The highest BCUT2D eigenvalue weighted by molar-refractivity contribution is 14.0. The number of halogens is 3. The summed E-state index contributed by atoms with van der Waals surface area (Å²) in [5.74, 6) is -0.978. The minimum absolute atomic E-state index is 0. The third-order valence-corrected chi connectivity index (χ3v) is 4.16. The topological polar surface area (TPSA) is 50.4 Å². The van der Waals surface area contributed by atoms with Gasteiger partial charge in [0.05, 0.1) is 5.69 Å². The van der Waals surface area contributed by atoms with Crippen molar-refractivity contribution in [3.8, 4) is 0 Å². The summed E-state index contributed by atoms with van der Waals surface area (Å²) in [5, 5.41) is 2.63. The Morgan fingerprint density at radius 3 is 2.50 bits per heavy atom. The van der Waals surface area contributed by atoms with Crippen LogP contribution in [0.25, 0.3) is 0 Å². The summed E-state index contributed by atoms with van der Waals surface area (Å²) in [6, 6.07) is 13.4. The summed E-state index contributed by atoms with van der Waals surface area (Å²) in [7, 11) is 0. The van der Waals surface area contributed by atoms with Crippen molar-refractivity contribution in [2.45, 2.75) is 19.3 Å². The van der Waals surface area contributed by atoms with Gasteiger partial charge < -0.3 is 11.1 Å². The summed E-state index contributed by atoms with van der Waals surface area (Å²) in [6.45, 7) is 0.581. The van der Waals surface area contributed by atoms with Gasteiger partial charge in [-0.2, -0.15) is 0 Å². The summed E-state index contributed by atoms with van der Waals surface area (Å²) < 4.78 is 26.7. The van der Waals surface area contributed by atoms with Crippen LogP contribution in [0.2, 0.25) is 0 Å². The molecule has 3 nitrogen and oxygen atoms in total. The van der Waals surface area contributed by atoms with Crippen molar-refractivity contribution in [3.05, 3.63) is 65.7 Å². The van der Waals surface area contributed by atoms with Gasteiger partial charge in [0.25, 0.3) is 0 Å². The Kier molecular flexibility index (Phi) is 6.15. The van der Waals surface area contributed by atoms with Crippen LogP contribution in [0, 0.1) is 17.0 Å². The smallest absolute Gasteiger partial charge is 0.193 e. The number of nitrogens with zero attached hydrogens (tertiary/aromatic N) is 1. The van der Waals surface area contributed by atoms with Crippen LogP contribution in [0.1, 0.15) is 18.4 Å². The fraction of sp³-hybridized carbons (Fsp3) is 0.278. The molecule has 0 amide bonds. The van der Waals surface area contributed by atoms with E-state index in [9.17, 15) is 8.78 Å². The quantitative estimate of drug-likeness (QED) is 0.411. The zero-order valence-electron chi connectivity index (χ0n) is 13.1. The second-order valence-corrected chi connectivity index (χ2v) is 6.11. The molecule has 128 valence electrons. The molecule has 3 rings (SSSR count). The minimum Gasteiger partial charge on any atom is -0.370 e. The van der Waals surface area contributed by atoms with Crippen molar-refractivity contribution in [1.29, 1.82) is 0 Å². The Balaban J connectivity index is 0.00000208. The van der Waals surface area contributed by atoms with Crippen LogP contribution in [0.5, 0.6) is 0 Å². The highest BCUT2D eigenvalue weighted by Crippen LogP contribution is 2.48. The van der Waals surface area contributed by atoms with E-state index < -0.39 is 11.6 Å². The zero-order chi connectivity index (χ0) is 16.3. The lowest BCUT2D eigenvalue weighted by Crippen LogP contribution is -2.25. The maximum atomic E-state index is 13.6. The maximum Gasteiger partial charge on any atom is 0.193 e. The van der Waals surface area contributed by atoms with Gasteiger partial charge in [0.2, 0.25) is 0 Å². The second kappa shape index (κ2) is 7.92. The minimum atomic E-state index is -0.560. The third kappa shape index (κ3) is 4.90. The van der Waals surface area contributed by atoms with E-state index in [0.717, 1.165) is 37.5 Å². The molecule has 6 heteroatoms. The van der Waals surface area contributed by atoms with Crippen LogP contribution in [-0.2, 0) is 6.42 Å². The standard InChI is InChI=1S/C18H19F2N3.HI/c19-14-6-7-15(20)16(10-14)23-17(21)22-12-18(8-9-18)11-13-4-2-1-3-5-13;/h1-7,10H,8-9,11-12H2,(H3,21,22,23);1H. The molecule has 0 radical (unpaired) electrons. The molecular formula is C18H20F2IN3. The molecule has 1 aliphatic rings. The first-order valence-electron chi connectivity index (χ1n) is 7.62. The number of aliphatic imine (C=N–C) groups is 1. The highest BCUT2D eigenvalue weighted by atomic mass is 127. The molecule has 2 aromatic carbocycles. The lowest BCUT2D eigenvalue weighted by molar-refractivity contribution is 0.522. The molecule has 24 heavy (non-hydrogen) atoms. The average molecular weight is 443 g/mol. The first-order valence-corrected chi connectivity index (χ1v) is 7.62. The molecule has 3 N–H and O–H groups in total. The van der Waals surface area contributed by atoms with Gasteiger partial charge in [0, 0.05) is 12.6 Å². The maximum absolute atomic E-state index is 13.6. The Hall–Kier alpha value is -1.70. The first-order chi connectivity index (χ1) is 11.1. The first kappa shape index (κ1) is 18.6. The molecule has 0 spiro atoms. The summed E-state index contributed by atoms with van der Waals surface area (Å²) in [6.07, 6.45) is 3.17. The van der Waals surface area contributed by atoms with Gasteiger partial charge in [0.15, 0.2) is 5.96 Å². The van der Waals surface area contributed by atoms with Gasteiger partial charge in [0.1, 0.15) is 11.6 Å². The van der Waals surface area contributed by atoms with Crippen molar-refractivity contribution in [2.24, 2.45) is 16.1 Å². The lowest BCUT2D eigenvalue weighted by Gasteiger charge is -2.13. The number of anilines is 1. The Labute approximate surface area is 157 Å². The van der Waals surface area contributed by atoms with Gasteiger partial charge in [-0.3, -0.25) is 4.99 Å². The lowest BCUT2D eigenvalue weighted by atomic mass is 9.97. The van der Waals surface area contributed by atoms with Crippen molar-refractivity contribution >= 4 is 35.6 Å². The van der Waals surface area contributed by atoms with E-state index in [1.54, 1.807) is 0 Å². The van der Waals surface area contributed by atoms with Crippen molar-refractivity contribution in [2.75, 3.05) is 11.9 Å². The Morgan fingerprint density at radius 2 is 1.83 bits per heavy atom. The predicted octanol–water partition coefficient (Wildman–Crippen LogP) is 4.33. The van der Waals surface area contributed by atoms with Crippen molar-refractivity contribution in [1.82, 2.24) is 0 Å². The molecule has 0 heterocycles. The van der Waals surface area contributed by atoms with Crippen molar-refractivity contribution < 1.29 is 8.78 Å². The molecule has 0 atom stereocenters. The molecule has 1 aliphatic carbocycles. The number of benzene rings is 2. The Bertz CT molecular complexity index is 715. The van der Waals surface area contributed by atoms with Gasteiger partial charge in [-0.1, -0.05) is 30.3 Å². The van der Waals surface area contributed by atoms with Gasteiger partial charge in [-0.15, -0.1) is 24.0 Å². The highest BCUT2D eigenvalue weighted by Gasteiger charge is 2.42. The van der Waals surface area contributed by atoms with Crippen LogP contribution in [0.15, 0.2) is 53.5 Å². The monoisotopic (exact) mass is 443 g/mol. The number of guanidine groups is 1. The number of hydrogen-bond acceptors (Lipinski definition) is 1. The molecule has 0 saturated heterocycles. The Morgan fingerprint density at radius 1 is 1.12 bits per heavy atom. The fourth-order valence-corrected chi connectivity index (χ4v) is 2.62. The zero-order valence-corrected chi connectivity index (χ0v) is 15.5. The molecular weight excluding hydrogens is 423 g/mol. The molecule has 0 aromatic heterocycles. The van der Waals surface area contributed by atoms with Crippen LogP contribution >= 0.6 is 24.0 Å². The van der Waals surface area contributed by atoms with Gasteiger partial charge in [-0.05, 0) is 42.4 Å². The van der Waals surface area contributed by atoms with Crippen LogP contribution in [0.4, 0.5) is 14.5 Å². The molecule has 0 unspecified atom stereocenters. The largest absolute Gasteiger partial charge is 0.370 e. The molecule has 0 bridgehead atoms. The summed E-state index contributed by atoms with van der Waals surface area (Å²) in [5.41, 5.74) is 7.23. The molecule has 1 saturated carbocycles. The van der Waals surface area contributed by atoms with Crippen LogP contribution < -0.4 is 11.1 Å². The van der Waals surface area contributed by atoms with E-state index in [1.807, 2.05) is 18.2 Å². The number of rotatable bonds is 5. The number of hydrogen-bond donors (Lipinski definition) is 2. The van der Waals surface area contributed by atoms with E-state index in [1.165, 1.54) is 5.56 Å². The van der Waals surface area contributed by atoms with Gasteiger partial charge in [-0.25, -0.2) is 8.78 Å². The average Bonchev–Trinajstić information content (AvgIpc) is 3.30. The summed E-state index contributed by atoms with van der Waals surface area (Å²) >= 11 is 0. The van der Waals surface area contributed by atoms with E-state index in [4.69, 9.17) is 5.73 Å². The van der Waals surface area contributed by atoms with Gasteiger partial charge >= 0.3 is 0 Å². The molecule has 2 aromatic rings. The van der Waals surface area contributed by atoms with Crippen LogP contribution in [0.3, 0.4) is 0 Å². The number of nitrogens with two attached hydrogens (primary N) is 1. The summed E-state index contributed by atoms with van der Waals surface area (Å²) in [4.78, 5) is 4.31. The SMILES string of the molecule is I.NC(=NCC1(Cc2ccccc2)CC1)Nc1cc(F)ccc1F. The molecule has 0 aliphatic heterocycles. The normalized spacial score (nSPS) is 15.5. The van der Waals surface area contributed by atoms with E-state index in [0.29, 0.717) is 6.54 Å². The fourth-order valence-electron chi connectivity index (χ4n) is 2.62.